The summed E-state index contributed by atoms with van der Waals surface area (Å²) in [6.45, 7) is 4.82. The van der Waals surface area contributed by atoms with Crippen molar-refractivity contribution < 1.29 is 19.4 Å². The highest BCUT2D eigenvalue weighted by atomic mass is 16.5. The van der Waals surface area contributed by atoms with E-state index in [1.54, 1.807) is 19.2 Å². The average Bonchev–Trinajstić information content (AvgIpc) is 3.24. The summed E-state index contributed by atoms with van der Waals surface area (Å²) in [5, 5.41) is 9.44. The Kier molecular flexibility index (Phi) is 5.83. The zero-order valence-corrected chi connectivity index (χ0v) is 18.1. The van der Waals surface area contributed by atoms with Crippen LogP contribution in [0.25, 0.3) is 6.08 Å². The molecule has 1 aromatic carbocycles. The Bertz CT molecular complexity index is 898. The minimum absolute atomic E-state index is 0.0196. The van der Waals surface area contributed by atoms with E-state index in [9.17, 15) is 14.7 Å². The summed E-state index contributed by atoms with van der Waals surface area (Å²) in [4.78, 5) is 26.7. The number of carbonyl (C=O) groups is 2. The summed E-state index contributed by atoms with van der Waals surface area (Å²) < 4.78 is 6.22. The molecule has 2 heterocycles. The number of amides is 2. The molecule has 5 heteroatoms. The number of allylic oxidation sites excluding steroid dienone is 2. The lowest BCUT2D eigenvalue weighted by Gasteiger charge is -2.32. The van der Waals surface area contributed by atoms with Gasteiger partial charge >= 0.3 is 0 Å². The fourth-order valence-electron chi connectivity index (χ4n) is 5.45. The molecule has 1 N–H and O–H groups in total. The monoisotopic (exact) mass is 409 g/mol. The highest BCUT2D eigenvalue weighted by Gasteiger charge is 2.55. The predicted molar refractivity (Wildman–Crippen MR) is 116 cm³/mol. The van der Waals surface area contributed by atoms with Crippen LogP contribution in [0.2, 0.25) is 0 Å². The SMILES string of the molecule is CCCC1=C2[C@@H](CC/C(C)=C/c3ccc(O)cc3)OC[C@@H]2[C@@H]2C(=O)N(C)C(=O)[C@@H]2C1. The van der Waals surface area contributed by atoms with Crippen molar-refractivity contribution in [1.29, 1.82) is 0 Å². The van der Waals surface area contributed by atoms with E-state index in [0.29, 0.717) is 13.0 Å². The van der Waals surface area contributed by atoms with Gasteiger partial charge in [0, 0.05) is 13.0 Å². The Morgan fingerprint density at radius 3 is 2.63 bits per heavy atom. The van der Waals surface area contributed by atoms with Crippen molar-refractivity contribution in [2.75, 3.05) is 13.7 Å². The number of phenols is 1. The van der Waals surface area contributed by atoms with Gasteiger partial charge < -0.3 is 9.84 Å². The number of hydrogen-bond acceptors (Lipinski definition) is 4. The summed E-state index contributed by atoms with van der Waals surface area (Å²) in [5.74, 6) is -0.164. The minimum Gasteiger partial charge on any atom is -0.508 e. The first-order valence-electron chi connectivity index (χ1n) is 11.0. The Morgan fingerprint density at radius 1 is 1.20 bits per heavy atom. The van der Waals surface area contributed by atoms with Gasteiger partial charge in [0.15, 0.2) is 0 Å². The van der Waals surface area contributed by atoms with Gasteiger partial charge in [-0.25, -0.2) is 0 Å². The maximum absolute atomic E-state index is 12.8. The average molecular weight is 410 g/mol. The molecular weight excluding hydrogens is 378 g/mol. The van der Waals surface area contributed by atoms with E-state index in [4.69, 9.17) is 4.74 Å². The molecular formula is C25H31NO4. The summed E-state index contributed by atoms with van der Waals surface area (Å²) in [5.41, 5.74) is 4.99. The van der Waals surface area contributed by atoms with Gasteiger partial charge in [0.2, 0.25) is 11.8 Å². The smallest absolute Gasteiger partial charge is 0.233 e. The van der Waals surface area contributed by atoms with Crippen LogP contribution in [-0.4, -0.2) is 41.6 Å². The van der Waals surface area contributed by atoms with Crippen LogP contribution >= 0.6 is 0 Å². The Hall–Kier alpha value is -2.40. The second-order valence-corrected chi connectivity index (χ2v) is 8.93. The number of nitrogens with zero attached hydrogens (tertiary/aromatic N) is 1. The topological polar surface area (TPSA) is 66.8 Å². The number of rotatable bonds is 6. The number of aromatic hydroxyl groups is 1. The predicted octanol–water partition coefficient (Wildman–Crippen LogP) is 4.32. The van der Waals surface area contributed by atoms with E-state index >= 15 is 0 Å². The first kappa shape index (κ1) is 20.9. The maximum atomic E-state index is 12.8. The third-order valence-electron chi connectivity index (χ3n) is 6.89. The van der Waals surface area contributed by atoms with Gasteiger partial charge in [0.1, 0.15) is 5.75 Å². The van der Waals surface area contributed by atoms with Crippen molar-refractivity contribution in [3.63, 3.8) is 0 Å². The van der Waals surface area contributed by atoms with Gasteiger partial charge in [-0.2, -0.15) is 0 Å². The summed E-state index contributed by atoms with van der Waals surface area (Å²) in [7, 11) is 1.62. The molecule has 4 atom stereocenters. The largest absolute Gasteiger partial charge is 0.508 e. The first-order valence-corrected chi connectivity index (χ1v) is 11.0. The van der Waals surface area contributed by atoms with Crippen LogP contribution in [0.3, 0.4) is 0 Å². The molecule has 0 aromatic heterocycles. The van der Waals surface area contributed by atoms with Crippen LogP contribution in [0.5, 0.6) is 5.75 Å². The third-order valence-corrected chi connectivity index (χ3v) is 6.89. The number of hydrogen-bond donors (Lipinski definition) is 1. The van der Waals surface area contributed by atoms with Crippen LogP contribution in [0.4, 0.5) is 0 Å². The fraction of sp³-hybridized carbons (Fsp3) is 0.520. The standard InChI is InChI=1S/C25H31NO4/c1-4-5-17-13-19-23(25(29)26(3)24(19)28)20-14-30-21(22(17)20)11-6-15(2)12-16-7-9-18(27)10-8-16/h7-10,12,19-21,23,27H,4-6,11,13-14H2,1-3H3/b15-12+/t19-,20+,21-,23-/m1/s1. The van der Waals surface area contributed by atoms with Crippen molar-refractivity contribution in [2.24, 2.45) is 17.8 Å². The molecule has 0 saturated carbocycles. The van der Waals surface area contributed by atoms with Crippen molar-refractivity contribution in [2.45, 2.75) is 52.1 Å². The van der Waals surface area contributed by atoms with Gasteiger partial charge in [-0.1, -0.05) is 42.7 Å². The summed E-state index contributed by atoms with van der Waals surface area (Å²) >= 11 is 0. The number of likely N-dealkylation sites (tertiary alicyclic amines) is 1. The van der Waals surface area contributed by atoms with Crippen molar-refractivity contribution in [3.05, 3.63) is 46.5 Å². The highest BCUT2D eigenvalue weighted by Crippen LogP contribution is 2.50. The highest BCUT2D eigenvalue weighted by molar-refractivity contribution is 6.05. The zero-order valence-electron chi connectivity index (χ0n) is 18.1. The molecule has 160 valence electrons. The second kappa shape index (κ2) is 8.38. The van der Waals surface area contributed by atoms with Crippen molar-refractivity contribution >= 4 is 17.9 Å². The van der Waals surface area contributed by atoms with E-state index in [0.717, 1.165) is 31.2 Å². The molecule has 3 aliphatic rings. The molecule has 2 fully saturated rings. The van der Waals surface area contributed by atoms with Crippen LogP contribution in [0, 0.1) is 17.8 Å². The Balaban J connectivity index is 1.52. The first-order chi connectivity index (χ1) is 14.4. The van der Waals surface area contributed by atoms with Gasteiger partial charge in [-0.05, 0) is 55.9 Å². The summed E-state index contributed by atoms with van der Waals surface area (Å²) in [6.07, 6.45) is 6.68. The van der Waals surface area contributed by atoms with E-state index in [-0.39, 0.29) is 41.4 Å². The van der Waals surface area contributed by atoms with Gasteiger partial charge in [-0.3, -0.25) is 14.5 Å². The van der Waals surface area contributed by atoms with Crippen LogP contribution in [-0.2, 0) is 14.3 Å². The molecule has 0 unspecified atom stereocenters. The fourth-order valence-corrected chi connectivity index (χ4v) is 5.45. The zero-order chi connectivity index (χ0) is 21.4. The van der Waals surface area contributed by atoms with Crippen LogP contribution < -0.4 is 0 Å². The van der Waals surface area contributed by atoms with Crippen LogP contribution in [0.15, 0.2) is 41.0 Å². The minimum atomic E-state index is -0.239. The number of fused-ring (bicyclic) bond motifs is 3. The molecule has 30 heavy (non-hydrogen) atoms. The molecule has 2 saturated heterocycles. The molecule has 1 aromatic rings. The third kappa shape index (κ3) is 3.71. The summed E-state index contributed by atoms with van der Waals surface area (Å²) in [6, 6.07) is 7.20. The maximum Gasteiger partial charge on any atom is 0.233 e. The number of imide groups is 1. The van der Waals surface area contributed by atoms with E-state index in [2.05, 4.69) is 19.9 Å². The van der Waals surface area contributed by atoms with Gasteiger partial charge in [0.05, 0.1) is 24.5 Å². The number of carbonyl (C=O) groups excluding carboxylic acids is 2. The molecule has 1 aliphatic carbocycles. The number of phenolic OH excluding ortho intramolecular Hbond substituents is 1. The Labute approximate surface area is 178 Å². The Morgan fingerprint density at radius 2 is 1.93 bits per heavy atom. The van der Waals surface area contributed by atoms with E-state index < -0.39 is 0 Å². The normalized spacial score (nSPS) is 28.9. The molecule has 0 radical (unpaired) electrons. The lowest BCUT2D eigenvalue weighted by molar-refractivity contribution is -0.138. The lowest BCUT2D eigenvalue weighted by Crippen LogP contribution is -2.34. The van der Waals surface area contributed by atoms with E-state index in [1.165, 1.54) is 21.6 Å². The molecule has 4 rings (SSSR count). The lowest BCUT2D eigenvalue weighted by atomic mass is 9.68. The van der Waals surface area contributed by atoms with Gasteiger partial charge in [0.25, 0.3) is 0 Å². The van der Waals surface area contributed by atoms with Crippen LogP contribution in [0.1, 0.15) is 51.5 Å². The number of ether oxygens (including phenoxy) is 1. The van der Waals surface area contributed by atoms with E-state index in [1.807, 2.05) is 12.1 Å². The number of benzene rings is 1. The molecule has 0 bridgehead atoms. The van der Waals surface area contributed by atoms with Crippen molar-refractivity contribution in [3.8, 4) is 5.75 Å². The molecule has 2 amide bonds. The van der Waals surface area contributed by atoms with Gasteiger partial charge in [-0.15, -0.1) is 0 Å². The quantitative estimate of drug-likeness (QED) is 0.561. The molecule has 2 aliphatic heterocycles. The molecule has 0 spiro atoms. The molecule has 5 nitrogen and oxygen atoms in total. The van der Waals surface area contributed by atoms with Crippen molar-refractivity contribution in [1.82, 2.24) is 4.90 Å². The second-order valence-electron chi connectivity index (χ2n) is 8.93.